The maximum absolute atomic E-state index is 2.50. The molecule has 3 aliphatic carbocycles. The van der Waals surface area contributed by atoms with Crippen LogP contribution in [-0.2, 0) is 0 Å². The molecular formula is C11H18. The van der Waals surface area contributed by atoms with E-state index in [1.807, 2.05) is 0 Å². The van der Waals surface area contributed by atoms with Gasteiger partial charge in [0, 0.05) is 0 Å². The highest BCUT2D eigenvalue weighted by atomic mass is 14.7. The van der Waals surface area contributed by atoms with E-state index in [1.165, 1.54) is 0 Å². The van der Waals surface area contributed by atoms with Crippen molar-refractivity contribution >= 4 is 0 Å². The molecule has 0 aromatic rings. The van der Waals surface area contributed by atoms with Gasteiger partial charge in [-0.05, 0) is 47.8 Å². The van der Waals surface area contributed by atoms with Gasteiger partial charge in [-0.15, -0.1) is 0 Å². The SMILES string of the molecule is CC1C2CC2C(C)C2C(C)C12. The first-order valence-electron chi connectivity index (χ1n) is 5.22. The Hall–Kier alpha value is 0. The van der Waals surface area contributed by atoms with Gasteiger partial charge in [0.2, 0.25) is 0 Å². The summed E-state index contributed by atoms with van der Waals surface area (Å²) in [6, 6.07) is 0. The van der Waals surface area contributed by atoms with Crippen LogP contribution in [0.15, 0.2) is 0 Å². The van der Waals surface area contributed by atoms with Gasteiger partial charge in [-0.2, -0.15) is 0 Å². The van der Waals surface area contributed by atoms with Crippen molar-refractivity contribution in [3.8, 4) is 0 Å². The lowest BCUT2D eigenvalue weighted by Gasteiger charge is -2.21. The molecule has 0 nitrogen and oxygen atoms in total. The molecule has 6 atom stereocenters. The van der Waals surface area contributed by atoms with Gasteiger partial charge in [-0.1, -0.05) is 20.8 Å². The molecule has 0 aromatic heterocycles. The fraction of sp³-hybridized carbons (Fsp3) is 1.00. The molecule has 0 aromatic carbocycles. The normalized spacial score (nSPS) is 71.7. The van der Waals surface area contributed by atoms with Crippen molar-refractivity contribution < 1.29 is 0 Å². The van der Waals surface area contributed by atoms with Crippen LogP contribution in [0.3, 0.4) is 0 Å². The van der Waals surface area contributed by atoms with E-state index in [2.05, 4.69) is 20.8 Å². The molecule has 62 valence electrons. The highest BCUT2D eigenvalue weighted by Crippen LogP contribution is 2.70. The highest BCUT2D eigenvalue weighted by Gasteiger charge is 2.65. The summed E-state index contributed by atoms with van der Waals surface area (Å²) in [5, 5.41) is 0. The highest BCUT2D eigenvalue weighted by molar-refractivity contribution is 5.13. The predicted octanol–water partition coefficient (Wildman–Crippen LogP) is 2.79. The van der Waals surface area contributed by atoms with Gasteiger partial charge < -0.3 is 0 Å². The zero-order valence-corrected chi connectivity index (χ0v) is 7.75. The summed E-state index contributed by atoms with van der Waals surface area (Å²) in [5.74, 6) is 7.80. The minimum Gasteiger partial charge on any atom is -0.0619 e. The van der Waals surface area contributed by atoms with Crippen LogP contribution in [0.25, 0.3) is 0 Å². The van der Waals surface area contributed by atoms with Crippen molar-refractivity contribution in [2.45, 2.75) is 27.2 Å². The van der Waals surface area contributed by atoms with Crippen LogP contribution in [0, 0.1) is 41.4 Å². The van der Waals surface area contributed by atoms with Crippen molar-refractivity contribution in [2.24, 2.45) is 41.4 Å². The van der Waals surface area contributed by atoms with E-state index >= 15 is 0 Å². The van der Waals surface area contributed by atoms with E-state index in [0.29, 0.717) is 0 Å². The molecule has 0 amide bonds. The first-order chi connectivity index (χ1) is 5.22. The van der Waals surface area contributed by atoms with Crippen LogP contribution in [0.2, 0.25) is 0 Å². The maximum atomic E-state index is 2.50. The predicted molar refractivity (Wildman–Crippen MR) is 46.1 cm³/mol. The molecule has 0 aliphatic heterocycles. The lowest BCUT2D eigenvalue weighted by molar-refractivity contribution is 0.269. The van der Waals surface area contributed by atoms with E-state index in [-0.39, 0.29) is 0 Å². The number of rotatable bonds is 0. The Morgan fingerprint density at radius 1 is 0.727 bits per heavy atom. The summed E-state index contributed by atoms with van der Waals surface area (Å²) in [6.07, 6.45) is 1.57. The molecule has 0 heteroatoms. The van der Waals surface area contributed by atoms with E-state index in [0.717, 1.165) is 41.4 Å². The first-order valence-corrected chi connectivity index (χ1v) is 5.22. The monoisotopic (exact) mass is 150 g/mol. The largest absolute Gasteiger partial charge is 0.0619 e. The number of hydrogen-bond acceptors (Lipinski definition) is 0. The second-order valence-corrected chi connectivity index (χ2v) is 5.30. The second kappa shape index (κ2) is 1.67. The summed E-state index contributed by atoms with van der Waals surface area (Å²) < 4.78 is 0. The van der Waals surface area contributed by atoms with Gasteiger partial charge in [0.15, 0.2) is 0 Å². The summed E-state index contributed by atoms with van der Waals surface area (Å²) in [5.41, 5.74) is 0. The van der Waals surface area contributed by atoms with Crippen LogP contribution in [0.5, 0.6) is 0 Å². The fourth-order valence-electron chi connectivity index (χ4n) is 4.20. The molecule has 0 bridgehead atoms. The van der Waals surface area contributed by atoms with Crippen molar-refractivity contribution in [3.63, 3.8) is 0 Å². The zero-order valence-electron chi connectivity index (χ0n) is 7.75. The summed E-state index contributed by atoms with van der Waals surface area (Å²) in [6.45, 7) is 7.46. The molecular weight excluding hydrogens is 132 g/mol. The van der Waals surface area contributed by atoms with Gasteiger partial charge in [0.05, 0.1) is 0 Å². The fourth-order valence-corrected chi connectivity index (χ4v) is 4.20. The zero-order chi connectivity index (χ0) is 7.75. The molecule has 3 aliphatic rings. The molecule has 11 heavy (non-hydrogen) atoms. The molecule has 3 rings (SSSR count). The Labute approximate surface area is 69.4 Å². The van der Waals surface area contributed by atoms with Crippen molar-refractivity contribution in [3.05, 3.63) is 0 Å². The molecule has 0 heterocycles. The van der Waals surface area contributed by atoms with Crippen molar-refractivity contribution in [1.29, 1.82) is 0 Å². The molecule has 0 saturated heterocycles. The third-order valence-corrected chi connectivity index (χ3v) is 4.97. The first kappa shape index (κ1) is 6.51. The Morgan fingerprint density at radius 3 is 1.64 bits per heavy atom. The molecule has 6 unspecified atom stereocenters. The minimum atomic E-state index is 1.08. The quantitative estimate of drug-likeness (QED) is 0.498. The third kappa shape index (κ3) is 0.625. The van der Waals surface area contributed by atoms with Crippen LogP contribution in [0.1, 0.15) is 27.2 Å². The van der Waals surface area contributed by atoms with E-state index < -0.39 is 0 Å². The number of hydrogen-bond donors (Lipinski definition) is 0. The van der Waals surface area contributed by atoms with E-state index in [4.69, 9.17) is 0 Å². The molecule has 3 fully saturated rings. The summed E-state index contributed by atoms with van der Waals surface area (Å²) in [4.78, 5) is 0. The average molecular weight is 150 g/mol. The topological polar surface area (TPSA) is 0 Å². The second-order valence-electron chi connectivity index (χ2n) is 5.30. The summed E-state index contributed by atoms with van der Waals surface area (Å²) >= 11 is 0. The van der Waals surface area contributed by atoms with Gasteiger partial charge in [-0.3, -0.25) is 0 Å². The Bertz CT molecular complexity index is 176. The van der Waals surface area contributed by atoms with Gasteiger partial charge in [0.1, 0.15) is 0 Å². The Balaban J connectivity index is 1.88. The van der Waals surface area contributed by atoms with E-state index in [1.54, 1.807) is 6.42 Å². The average Bonchev–Trinajstić information content (AvgIpc) is 2.77. The summed E-state index contributed by atoms with van der Waals surface area (Å²) in [7, 11) is 0. The van der Waals surface area contributed by atoms with Crippen LogP contribution in [0.4, 0.5) is 0 Å². The van der Waals surface area contributed by atoms with Crippen LogP contribution >= 0.6 is 0 Å². The molecule has 0 spiro atoms. The van der Waals surface area contributed by atoms with Crippen molar-refractivity contribution in [2.75, 3.05) is 0 Å². The smallest absolute Gasteiger partial charge is 0.0323 e. The standard InChI is InChI=1S/C11H18/c1-5-8-4-9(8)6(2)11-7(3)10(5)11/h5-11H,4H2,1-3H3. The molecule has 0 N–H and O–H groups in total. The van der Waals surface area contributed by atoms with Gasteiger partial charge in [0.25, 0.3) is 0 Å². The number of fused-ring (bicyclic) bond motifs is 2. The van der Waals surface area contributed by atoms with Crippen LogP contribution in [-0.4, -0.2) is 0 Å². The lowest BCUT2D eigenvalue weighted by atomic mass is 9.84. The molecule has 0 radical (unpaired) electrons. The third-order valence-electron chi connectivity index (χ3n) is 4.97. The van der Waals surface area contributed by atoms with Crippen molar-refractivity contribution in [1.82, 2.24) is 0 Å². The van der Waals surface area contributed by atoms with E-state index in [9.17, 15) is 0 Å². The Kier molecular flexibility index (Phi) is 0.990. The van der Waals surface area contributed by atoms with Gasteiger partial charge >= 0.3 is 0 Å². The molecule has 3 saturated carbocycles. The lowest BCUT2D eigenvalue weighted by Crippen LogP contribution is -2.16. The van der Waals surface area contributed by atoms with Crippen LogP contribution < -0.4 is 0 Å². The minimum absolute atomic E-state index is 1.08. The Morgan fingerprint density at radius 2 is 1.18 bits per heavy atom. The van der Waals surface area contributed by atoms with Gasteiger partial charge in [-0.25, -0.2) is 0 Å². The maximum Gasteiger partial charge on any atom is -0.0323 e.